The quantitative estimate of drug-likeness (QED) is 0.686. The molecule has 0 spiro atoms. The molecule has 3 aromatic carbocycles. The second-order valence-corrected chi connectivity index (χ2v) is 6.77. The van der Waals surface area contributed by atoms with Gasteiger partial charge in [-0.05, 0) is 41.0 Å². The molecule has 4 nitrogen and oxygen atoms in total. The highest BCUT2D eigenvalue weighted by Crippen LogP contribution is 2.24. The summed E-state index contributed by atoms with van der Waals surface area (Å²) in [4.78, 5) is 14.3. The third kappa shape index (κ3) is 4.66. The second-order valence-electron chi connectivity index (χ2n) is 6.77. The molecule has 0 aliphatic heterocycles. The number of nitrogens with zero attached hydrogens (tertiary/aromatic N) is 1. The molecule has 0 saturated heterocycles. The Bertz CT molecular complexity index is 918. The van der Waals surface area contributed by atoms with Crippen LogP contribution in [0.5, 0.6) is 5.75 Å². The SMILES string of the molecule is COc1cccc(CN(C)C(=O)CNC(C)c2cccc3ccccc23)c1. The van der Waals surface area contributed by atoms with Gasteiger partial charge in [0.15, 0.2) is 0 Å². The minimum absolute atomic E-state index is 0.0601. The molecule has 140 valence electrons. The predicted molar refractivity (Wildman–Crippen MR) is 110 cm³/mol. The van der Waals surface area contributed by atoms with Gasteiger partial charge in [0.05, 0.1) is 13.7 Å². The van der Waals surface area contributed by atoms with Crippen molar-refractivity contribution in [3.63, 3.8) is 0 Å². The summed E-state index contributed by atoms with van der Waals surface area (Å²) in [5, 5.41) is 5.80. The number of amides is 1. The van der Waals surface area contributed by atoms with Crippen molar-refractivity contribution in [2.24, 2.45) is 0 Å². The topological polar surface area (TPSA) is 41.6 Å². The van der Waals surface area contributed by atoms with Crippen LogP contribution < -0.4 is 10.1 Å². The van der Waals surface area contributed by atoms with E-state index in [2.05, 4.69) is 42.6 Å². The second kappa shape index (κ2) is 8.69. The summed E-state index contributed by atoms with van der Waals surface area (Å²) < 4.78 is 5.24. The first-order valence-corrected chi connectivity index (χ1v) is 9.16. The molecule has 0 saturated carbocycles. The van der Waals surface area contributed by atoms with Gasteiger partial charge in [-0.25, -0.2) is 0 Å². The molecule has 1 atom stereocenters. The van der Waals surface area contributed by atoms with Gasteiger partial charge in [-0.1, -0.05) is 54.6 Å². The number of hydrogen-bond acceptors (Lipinski definition) is 3. The summed E-state index contributed by atoms with van der Waals surface area (Å²) >= 11 is 0. The van der Waals surface area contributed by atoms with Crippen molar-refractivity contribution >= 4 is 16.7 Å². The fourth-order valence-electron chi connectivity index (χ4n) is 3.25. The van der Waals surface area contributed by atoms with E-state index in [0.717, 1.165) is 11.3 Å². The molecular weight excluding hydrogens is 336 g/mol. The van der Waals surface area contributed by atoms with Crippen molar-refractivity contribution in [2.45, 2.75) is 19.5 Å². The molecule has 3 aromatic rings. The lowest BCUT2D eigenvalue weighted by Gasteiger charge is -2.21. The van der Waals surface area contributed by atoms with Crippen LogP contribution >= 0.6 is 0 Å². The normalized spacial score (nSPS) is 12.0. The minimum Gasteiger partial charge on any atom is -0.497 e. The van der Waals surface area contributed by atoms with Crippen LogP contribution in [0.3, 0.4) is 0 Å². The van der Waals surface area contributed by atoms with E-state index in [1.165, 1.54) is 16.3 Å². The Morgan fingerprint density at radius 3 is 2.63 bits per heavy atom. The number of hydrogen-bond donors (Lipinski definition) is 1. The zero-order valence-electron chi connectivity index (χ0n) is 16.1. The Kier molecular flexibility index (Phi) is 6.09. The number of likely N-dealkylation sites (N-methyl/N-ethyl adjacent to an activating group) is 1. The number of benzene rings is 3. The first-order chi connectivity index (χ1) is 13.1. The Balaban J connectivity index is 1.60. The van der Waals surface area contributed by atoms with Gasteiger partial charge >= 0.3 is 0 Å². The average Bonchev–Trinajstić information content (AvgIpc) is 2.71. The van der Waals surface area contributed by atoms with Crippen molar-refractivity contribution in [3.8, 4) is 5.75 Å². The third-order valence-corrected chi connectivity index (χ3v) is 4.83. The smallest absolute Gasteiger partial charge is 0.236 e. The number of nitrogens with one attached hydrogen (secondary N) is 1. The lowest BCUT2D eigenvalue weighted by molar-refractivity contribution is -0.129. The number of methoxy groups -OCH3 is 1. The molecule has 4 heteroatoms. The number of fused-ring (bicyclic) bond motifs is 1. The van der Waals surface area contributed by atoms with E-state index in [4.69, 9.17) is 4.74 Å². The van der Waals surface area contributed by atoms with Gasteiger partial charge in [0.1, 0.15) is 5.75 Å². The van der Waals surface area contributed by atoms with Crippen LogP contribution in [-0.4, -0.2) is 31.5 Å². The largest absolute Gasteiger partial charge is 0.497 e. The summed E-state index contributed by atoms with van der Waals surface area (Å²) in [6.45, 7) is 2.95. The number of ether oxygens (including phenoxy) is 1. The molecule has 1 N–H and O–H groups in total. The van der Waals surface area contributed by atoms with E-state index in [1.807, 2.05) is 43.4 Å². The van der Waals surface area contributed by atoms with E-state index in [-0.39, 0.29) is 11.9 Å². The molecule has 0 heterocycles. The summed E-state index contributed by atoms with van der Waals surface area (Å²) in [6.07, 6.45) is 0. The van der Waals surface area contributed by atoms with E-state index in [1.54, 1.807) is 12.0 Å². The highest BCUT2D eigenvalue weighted by atomic mass is 16.5. The van der Waals surface area contributed by atoms with E-state index in [9.17, 15) is 4.79 Å². The molecule has 27 heavy (non-hydrogen) atoms. The summed E-state index contributed by atoms with van der Waals surface area (Å²) in [5.74, 6) is 0.862. The maximum absolute atomic E-state index is 12.5. The third-order valence-electron chi connectivity index (χ3n) is 4.83. The molecular formula is C23H26N2O2. The Morgan fingerprint density at radius 2 is 1.81 bits per heavy atom. The van der Waals surface area contributed by atoms with Crippen LogP contribution in [0.1, 0.15) is 24.1 Å². The van der Waals surface area contributed by atoms with E-state index < -0.39 is 0 Å². The first kappa shape index (κ1) is 18.9. The lowest BCUT2D eigenvalue weighted by atomic mass is 10.00. The zero-order chi connectivity index (χ0) is 19.2. The number of carbonyl (C=O) groups is 1. The van der Waals surface area contributed by atoms with Crippen molar-refractivity contribution < 1.29 is 9.53 Å². The molecule has 0 fully saturated rings. The van der Waals surface area contributed by atoms with Gasteiger partial charge in [-0.2, -0.15) is 0 Å². The van der Waals surface area contributed by atoms with Crippen LogP contribution in [-0.2, 0) is 11.3 Å². The minimum atomic E-state index is 0.0601. The van der Waals surface area contributed by atoms with Gasteiger partial charge in [0, 0.05) is 19.6 Å². The van der Waals surface area contributed by atoms with Crippen LogP contribution in [0.2, 0.25) is 0 Å². The highest BCUT2D eigenvalue weighted by molar-refractivity contribution is 5.86. The summed E-state index contributed by atoms with van der Waals surface area (Å²) in [6, 6.07) is 22.5. The Hall–Kier alpha value is -2.85. The van der Waals surface area contributed by atoms with Crippen LogP contribution in [0.4, 0.5) is 0 Å². The van der Waals surface area contributed by atoms with Crippen molar-refractivity contribution in [1.29, 1.82) is 0 Å². The molecule has 0 aliphatic rings. The summed E-state index contributed by atoms with van der Waals surface area (Å²) in [5.41, 5.74) is 2.25. The fourth-order valence-corrected chi connectivity index (χ4v) is 3.25. The first-order valence-electron chi connectivity index (χ1n) is 9.16. The molecule has 0 bridgehead atoms. The maximum atomic E-state index is 12.5. The predicted octanol–water partition coefficient (Wildman–Crippen LogP) is 4.16. The van der Waals surface area contributed by atoms with E-state index in [0.29, 0.717) is 13.1 Å². The fraction of sp³-hybridized carbons (Fsp3) is 0.261. The molecule has 1 amide bonds. The van der Waals surface area contributed by atoms with Gasteiger partial charge in [0.25, 0.3) is 0 Å². The Labute approximate surface area is 160 Å². The average molecular weight is 362 g/mol. The summed E-state index contributed by atoms with van der Waals surface area (Å²) in [7, 11) is 3.47. The van der Waals surface area contributed by atoms with Crippen molar-refractivity contribution in [3.05, 3.63) is 77.9 Å². The van der Waals surface area contributed by atoms with Gasteiger partial charge in [-0.15, -0.1) is 0 Å². The molecule has 3 rings (SSSR count). The monoisotopic (exact) mass is 362 g/mol. The number of rotatable bonds is 7. The molecule has 0 aliphatic carbocycles. The lowest BCUT2D eigenvalue weighted by Crippen LogP contribution is -2.36. The maximum Gasteiger partial charge on any atom is 0.236 e. The van der Waals surface area contributed by atoms with Crippen LogP contribution in [0, 0.1) is 0 Å². The zero-order valence-corrected chi connectivity index (χ0v) is 16.1. The Morgan fingerprint density at radius 1 is 1.07 bits per heavy atom. The number of carbonyl (C=O) groups excluding carboxylic acids is 1. The molecule has 1 unspecified atom stereocenters. The van der Waals surface area contributed by atoms with Gasteiger partial charge in [-0.3, -0.25) is 4.79 Å². The molecule has 0 radical (unpaired) electrons. The van der Waals surface area contributed by atoms with Crippen molar-refractivity contribution in [2.75, 3.05) is 20.7 Å². The molecule has 0 aromatic heterocycles. The standard InChI is InChI=1S/C23H26N2O2/c1-17(21-13-7-10-19-9-4-5-12-22(19)21)24-15-23(26)25(2)16-18-8-6-11-20(14-18)27-3/h4-14,17,24H,15-16H2,1-3H3. The van der Waals surface area contributed by atoms with Crippen LogP contribution in [0.15, 0.2) is 66.7 Å². The van der Waals surface area contributed by atoms with Gasteiger partial charge < -0.3 is 15.0 Å². The van der Waals surface area contributed by atoms with E-state index >= 15 is 0 Å². The highest BCUT2D eigenvalue weighted by Gasteiger charge is 2.13. The van der Waals surface area contributed by atoms with Gasteiger partial charge in [0.2, 0.25) is 5.91 Å². The van der Waals surface area contributed by atoms with Crippen molar-refractivity contribution in [1.82, 2.24) is 10.2 Å². The van der Waals surface area contributed by atoms with Crippen LogP contribution in [0.25, 0.3) is 10.8 Å².